The lowest BCUT2D eigenvalue weighted by molar-refractivity contribution is -0.137. The molecule has 2 aromatic rings. The molecule has 0 unspecified atom stereocenters. The largest absolute Gasteiger partial charge is 0.419 e. The Morgan fingerprint density at radius 2 is 1.71 bits per heavy atom. The number of sulfone groups is 1. The summed E-state index contributed by atoms with van der Waals surface area (Å²) in [7, 11) is -3.76. The van der Waals surface area contributed by atoms with Gasteiger partial charge in [0.1, 0.15) is 5.82 Å². The second-order valence-electron chi connectivity index (χ2n) is 5.43. The van der Waals surface area contributed by atoms with Crippen LogP contribution in [0.3, 0.4) is 0 Å². The van der Waals surface area contributed by atoms with Crippen molar-refractivity contribution in [3.63, 3.8) is 0 Å². The summed E-state index contributed by atoms with van der Waals surface area (Å²) < 4.78 is 64.2. The van der Waals surface area contributed by atoms with Crippen LogP contribution in [-0.4, -0.2) is 18.7 Å². The van der Waals surface area contributed by atoms with Gasteiger partial charge in [-0.05, 0) is 19.9 Å². The molecule has 9 heteroatoms. The molecule has 0 saturated heterocycles. The number of halogens is 3. The Morgan fingerprint density at radius 1 is 1.12 bits per heavy atom. The van der Waals surface area contributed by atoms with E-state index in [4.69, 9.17) is 11.5 Å². The van der Waals surface area contributed by atoms with Crippen molar-refractivity contribution in [3.05, 3.63) is 36.0 Å². The average molecular weight is 359 g/mol. The zero-order valence-corrected chi connectivity index (χ0v) is 13.7. The van der Waals surface area contributed by atoms with Crippen molar-refractivity contribution in [2.24, 2.45) is 0 Å². The van der Waals surface area contributed by atoms with Crippen LogP contribution in [0.5, 0.6) is 0 Å². The number of hydrogen-bond acceptors (Lipinski definition) is 5. The molecular formula is C15H16F3N3O2S. The van der Waals surface area contributed by atoms with Gasteiger partial charge in [0.25, 0.3) is 0 Å². The Morgan fingerprint density at radius 3 is 2.25 bits per heavy atom. The van der Waals surface area contributed by atoms with Crippen molar-refractivity contribution in [3.8, 4) is 11.1 Å². The van der Waals surface area contributed by atoms with Crippen LogP contribution >= 0.6 is 0 Å². The van der Waals surface area contributed by atoms with E-state index in [-0.39, 0.29) is 21.8 Å². The molecule has 0 fully saturated rings. The molecule has 0 atom stereocenters. The number of pyridine rings is 1. The lowest BCUT2D eigenvalue weighted by Crippen LogP contribution is -2.16. The third kappa shape index (κ3) is 3.03. The van der Waals surface area contributed by atoms with E-state index in [2.05, 4.69) is 4.98 Å². The fourth-order valence-corrected chi connectivity index (χ4v) is 3.48. The minimum absolute atomic E-state index is 0.000185. The van der Waals surface area contributed by atoms with Gasteiger partial charge in [0.15, 0.2) is 9.84 Å². The molecule has 0 saturated carbocycles. The number of anilines is 2. The normalized spacial score (nSPS) is 12.6. The lowest BCUT2D eigenvalue weighted by atomic mass is 10.0. The second-order valence-corrected chi connectivity index (χ2v) is 7.91. The molecule has 0 aliphatic heterocycles. The monoisotopic (exact) mass is 359 g/mol. The minimum atomic E-state index is -4.73. The first-order valence-corrected chi connectivity index (χ1v) is 8.47. The van der Waals surface area contributed by atoms with Gasteiger partial charge in [-0.25, -0.2) is 13.4 Å². The van der Waals surface area contributed by atoms with Crippen LogP contribution in [0.4, 0.5) is 24.7 Å². The fraction of sp³-hybridized carbons (Fsp3) is 0.267. The number of aromatic nitrogens is 1. The zero-order chi connectivity index (χ0) is 18.3. The van der Waals surface area contributed by atoms with Gasteiger partial charge < -0.3 is 11.5 Å². The smallest absolute Gasteiger partial charge is 0.398 e. The molecular weight excluding hydrogens is 343 g/mol. The summed E-state index contributed by atoms with van der Waals surface area (Å²) in [6.45, 7) is 2.95. The topological polar surface area (TPSA) is 99.1 Å². The SMILES string of the molecule is CC(C)S(=O)(=O)c1ccccc1-c1c(N)ncc(C(F)(F)F)c1N. The molecule has 4 N–H and O–H groups in total. The predicted molar refractivity (Wildman–Crippen MR) is 85.8 cm³/mol. The van der Waals surface area contributed by atoms with Gasteiger partial charge in [0.2, 0.25) is 0 Å². The van der Waals surface area contributed by atoms with Crippen molar-refractivity contribution in [1.82, 2.24) is 4.98 Å². The van der Waals surface area contributed by atoms with Gasteiger partial charge in [0, 0.05) is 17.3 Å². The molecule has 2 rings (SSSR count). The van der Waals surface area contributed by atoms with E-state index in [0.717, 1.165) is 0 Å². The van der Waals surface area contributed by atoms with Crippen LogP contribution in [0.15, 0.2) is 35.4 Å². The van der Waals surface area contributed by atoms with E-state index < -0.39 is 32.5 Å². The van der Waals surface area contributed by atoms with E-state index in [1.165, 1.54) is 38.1 Å². The summed E-state index contributed by atoms with van der Waals surface area (Å²) in [6.07, 6.45) is -4.20. The van der Waals surface area contributed by atoms with Crippen LogP contribution in [0.2, 0.25) is 0 Å². The summed E-state index contributed by atoms with van der Waals surface area (Å²) in [4.78, 5) is 3.39. The number of alkyl halides is 3. The highest BCUT2D eigenvalue weighted by Gasteiger charge is 2.36. The fourth-order valence-electron chi connectivity index (χ4n) is 2.22. The first-order chi connectivity index (χ1) is 11.0. The van der Waals surface area contributed by atoms with E-state index in [1.807, 2.05) is 0 Å². The summed E-state index contributed by atoms with van der Waals surface area (Å²) in [5, 5.41) is -0.764. The molecule has 1 aromatic carbocycles. The summed E-state index contributed by atoms with van der Waals surface area (Å²) >= 11 is 0. The Labute approximate surface area is 137 Å². The molecule has 1 aromatic heterocycles. The third-order valence-corrected chi connectivity index (χ3v) is 5.75. The van der Waals surface area contributed by atoms with Gasteiger partial charge >= 0.3 is 6.18 Å². The summed E-state index contributed by atoms with van der Waals surface area (Å²) in [5.41, 5.74) is 9.31. The van der Waals surface area contributed by atoms with Gasteiger partial charge in [-0.1, -0.05) is 18.2 Å². The summed E-state index contributed by atoms with van der Waals surface area (Å²) in [5.74, 6) is -0.271. The molecule has 0 aliphatic carbocycles. The first-order valence-electron chi connectivity index (χ1n) is 6.92. The number of nitrogens with zero attached hydrogens (tertiary/aromatic N) is 1. The molecule has 0 radical (unpaired) electrons. The van der Waals surface area contributed by atoms with Crippen molar-refractivity contribution in [2.75, 3.05) is 11.5 Å². The highest BCUT2D eigenvalue weighted by molar-refractivity contribution is 7.92. The van der Waals surface area contributed by atoms with Crippen molar-refractivity contribution < 1.29 is 21.6 Å². The minimum Gasteiger partial charge on any atom is -0.398 e. The zero-order valence-electron chi connectivity index (χ0n) is 12.9. The Balaban J connectivity index is 2.85. The first kappa shape index (κ1) is 18.1. The van der Waals surface area contributed by atoms with E-state index >= 15 is 0 Å². The molecule has 130 valence electrons. The molecule has 1 heterocycles. The lowest BCUT2D eigenvalue weighted by Gasteiger charge is -2.18. The molecule has 5 nitrogen and oxygen atoms in total. The maximum absolute atomic E-state index is 13.1. The molecule has 24 heavy (non-hydrogen) atoms. The van der Waals surface area contributed by atoms with Crippen LogP contribution < -0.4 is 11.5 Å². The molecule has 0 spiro atoms. The number of nitrogens with two attached hydrogens (primary N) is 2. The van der Waals surface area contributed by atoms with Crippen LogP contribution in [-0.2, 0) is 16.0 Å². The standard InChI is InChI=1S/C15H16F3N3O2S/c1-8(2)24(22,23)11-6-4-3-5-9(11)12-13(19)10(15(16,17)18)7-21-14(12)20/h3-8H,1-2H3,(H4,19,20,21). The van der Waals surface area contributed by atoms with Crippen LogP contribution in [0, 0.1) is 0 Å². The van der Waals surface area contributed by atoms with Gasteiger partial charge in [-0.3, -0.25) is 0 Å². The van der Waals surface area contributed by atoms with Gasteiger partial charge in [-0.2, -0.15) is 13.2 Å². The predicted octanol–water partition coefficient (Wildman–Crippen LogP) is 3.11. The Hall–Kier alpha value is -2.29. The van der Waals surface area contributed by atoms with E-state index in [0.29, 0.717) is 6.20 Å². The van der Waals surface area contributed by atoms with Crippen LogP contribution in [0.1, 0.15) is 19.4 Å². The molecule has 0 amide bonds. The number of benzene rings is 1. The van der Waals surface area contributed by atoms with E-state index in [9.17, 15) is 21.6 Å². The number of hydrogen-bond donors (Lipinski definition) is 2. The molecule has 0 aliphatic rings. The van der Waals surface area contributed by atoms with Crippen LogP contribution in [0.25, 0.3) is 11.1 Å². The van der Waals surface area contributed by atoms with Gasteiger partial charge in [-0.15, -0.1) is 0 Å². The maximum atomic E-state index is 13.1. The number of rotatable bonds is 3. The van der Waals surface area contributed by atoms with E-state index in [1.54, 1.807) is 0 Å². The second kappa shape index (κ2) is 5.97. The maximum Gasteiger partial charge on any atom is 0.419 e. The van der Waals surface area contributed by atoms with Crippen molar-refractivity contribution >= 4 is 21.3 Å². The summed E-state index contributed by atoms with van der Waals surface area (Å²) in [6, 6.07) is 5.64. The Kier molecular flexibility index (Phi) is 4.49. The van der Waals surface area contributed by atoms with Crippen molar-refractivity contribution in [1.29, 1.82) is 0 Å². The highest BCUT2D eigenvalue weighted by Crippen LogP contribution is 2.42. The quantitative estimate of drug-likeness (QED) is 0.877. The van der Waals surface area contributed by atoms with Gasteiger partial charge in [0.05, 0.1) is 21.4 Å². The number of nitrogen functional groups attached to an aromatic ring is 2. The highest BCUT2D eigenvalue weighted by atomic mass is 32.2. The molecule has 0 bridgehead atoms. The Bertz CT molecular complexity index is 878. The van der Waals surface area contributed by atoms with Crippen molar-refractivity contribution in [2.45, 2.75) is 30.2 Å². The third-order valence-electron chi connectivity index (χ3n) is 3.54. The average Bonchev–Trinajstić information content (AvgIpc) is 2.46.